The Bertz CT molecular complexity index is 698. The summed E-state index contributed by atoms with van der Waals surface area (Å²) in [6.07, 6.45) is 1.91. The Labute approximate surface area is 108 Å². The van der Waals surface area contributed by atoms with E-state index in [9.17, 15) is 0 Å². The molecule has 0 spiro atoms. The second-order valence-electron chi connectivity index (χ2n) is 4.55. The number of hydrogen-bond acceptors (Lipinski definition) is 1. The molecule has 2 nitrogen and oxygen atoms in total. The Balaban J connectivity index is 2.45. The number of halogens is 1. The monoisotopic (exact) mass is 288 g/mol. The van der Waals surface area contributed by atoms with Crippen LogP contribution in [0, 0.1) is 0 Å². The third-order valence-corrected chi connectivity index (χ3v) is 3.92. The summed E-state index contributed by atoms with van der Waals surface area (Å²) in [5, 5.41) is 1.23. The van der Waals surface area contributed by atoms with Crippen LogP contribution in [0.1, 0.15) is 25.5 Å². The summed E-state index contributed by atoms with van der Waals surface area (Å²) in [7, 11) is 0. The van der Waals surface area contributed by atoms with Crippen LogP contribution in [0.25, 0.3) is 16.4 Å². The van der Waals surface area contributed by atoms with Gasteiger partial charge in [0.25, 0.3) is 0 Å². The summed E-state index contributed by atoms with van der Waals surface area (Å²) in [4.78, 5) is 4.51. The average Bonchev–Trinajstić information content (AvgIpc) is 2.64. The van der Waals surface area contributed by atoms with Gasteiger partial charge in [-0.1, -0.05) is 32.0 Å². The lowest BCUT2D eigenvalue weighted by Crippen LogP contribution is -1.95. The molecule has 0 atom stereocenters. The van der Waals surface area contributed by atoms with Crippen LogP contribution in [-0.2, 0) is 0 Å². The first-order valence-corrected chi connectivity index (χ1v) is 6.52. The molecule has 2 heterocycles. The minimum Gasteiger partial charge on any atom is -0.299 e. The molecule has 0 radical (unpaired) electrons. The van der Waals surface area contributed by atoms with Gasteiger partial charge in [-0.2, -0.15) is 0 Å². The van der Waals surface area contributed by atoms with Crippen molar-refractivity contribution >= 4 is 32.3 Å². The van der Waals surface area contributed by atoms with E-state index in [2.05, 4.69) is 69.5 Å². The van der Waals surface area contributed by atoms with Gasteiger partial charge in [-0.25, -0.2) is 4.98 Å². The van der Waals surface area contributed by atoms with E-state index >= 15 is 0 Å². The fourth-order valence-electron chi connectivity index (χ4n) is 2.12. The maximum absolute atomic E-state index is 4.51. The van der Waals surface area contributed by atoms with Crippen LogP contribution < -0.4 is 0 Å². The molecule has 86 valence electrons. The number of aromatic nitrogens is 2. The molecule has 0 saturated heterocycles. The smallest absolute Gasteiger partial charge is 0.0999 e. The van der Waals surface area contributed by atoms with Gasteiger partial charge in [-0.3, -0.25) is 4.40 Å². The first kappa shape index (κ1) is 10.8. The van der Waals surface area contributed by atoms with Gasteiger partial charge in [0.05, 0.1) is 21.8 Å². The van der Waals surface area contributed by atoms with Gasteiger partial charge in [0.15, 0.2) is 0 Å². The summed E-state index contributed by atoms with van der Waals surface area (Å²) >= 11 is 3.69. The summed E-state index contributed by atoms with van der Waals surface area (Å²) in [6, 6.07) is 10.5. The molecule has 0 N–H and O–H groups in total. The van der Waals surface area contributed by atoms with E-state index in [1.807, 2.05) is 6.33 Å². The van der Waals surface area contributed by atoms with Gasteiger partial charge in [-0.15, -0.1) is 0 Å². The standard InChI is InChI=1S/C14H13BrN2/c1-9(2)11-7-13-14(15)10-5-3-4-6-12(10)17(13)8-16-11/h3-9H,1-2H3. The topological polar surface area (TPSA) is 17.3 Å². The van der Waals surface area contributed by atoms with E-state index in [0.29, 0.717) is 5.92 Å². The van der Waals surface area contributed by atoms with Crippen molar-refractivity contribution in [2.75, 3.05) is 0 Å². The molecule has 1 aromatic carbocycles. The van der Waals surface area contributed by atoms with Gasteiger partial charge in [-0.05, 0) is 34.0 Å². The highest BCUT2D eigenvalue weighted by Crippen LogP contribution is 2.31. The van der Waals surface area contributed by atoms with E-state index in [1.54, 1.807) is 0 Å². The first-order chi connectivity index (χ1) is 8.18. The van der Waals surface area contributed by atoms with E-state index in [1.165, 1.54) is 16.4 Å². The highest BCUT2D eigenvalue weighted by Gasteiger charge is 2.10. The van der Waals surface area contributed by atoms with Crippen LogP contribution in [-0.4, -0.2) is 9.38 Å². The van der Waals surface area contributed by atoms with Gasteiger partial charge in [0, 0.05) is 11.1 Å². The number of benzene rings is 1. The van der Waals surface area contributed by atoms with Crippen molar-refractivity contribution in [1.29, 1.82) is 0 Å². The van der Waals surface area contributed by atoms with Gasteiger partial charge in [0.1, 0.15) is 0 Å². The third-order valence-electron chi connectivity index (χ3n) is 3.08. The van der Waals surface area contributed by atoms with E-state index in [4.69, 9.17) is 0 Å². The zero-order valence-electron chi connectivity index (χ0n) is 9.81. The minimum absolute atomic E-state index is 0.449. The molecular weight excluding hydrogens is 276 g/mol. The van der Waals surface area contributed by atoms with Gasteiger partial charge < -0.3 is 0 Å². The van der Waals surface area contributed by atoms with Crippen LogP contribution in [0.3, 0.4) is 0 Å². The zero-order chi connectivity index (χ0) is 12.0. The molecule has 0 saturated carbocycles. The Hall–Kier alpha value is -1.35. The fraction of sp³-hybridized carbons (Fsp3) is 0.214. The Kier molecular flexibility index (Phi) is 2.44. The van der Waals surface area contributed by atoms with Crippen LogP contribution in [0.15, 0.2) is 41.1 Å². The summed E-state index contributed by atoms with van der Waals surface area (Å²) in [5.74, 6) is 0.449. The van der Waals surface area contributed by atoms with Crippen molar-refractivity contribution in [2.24, 2.45) is 0 Å². The predicted octanol–water partition coefficient (Wildman–Crippen LogP) is 4.37. The van der Waals surface area contributed by atoms with E-state index < -0.39 is 0 Å². The minimum atomic E-state index is 0.449. The van der Waals surface area contributed by atoms with Crippen molar-refractivity contribution in [1.82, 2.24) is 9.38 Å². The molecule has 0 amide bonds. The molecular formula is C14H13BrN2. The summed E-state index contributed by atoms with van der Waals surface area (Å²) in [6.45, 7) is 4.32. The number of rotatable bonds is 1. The SMILES string of the molecule is CC(C)c1cc2c(Br)c3ccccc3n2cn1. The molecule has 3 heteroatoms. The lowest BCUT2D eigenvalue weighted by molar-refractivity contribution is 0.814. The number of para-hydroxylation sites is 1. The average molecular weight is 289 g/mol. The maximum Gasteiger partial charge on any atom is 0.0999 e. The van der Waals surface area contributed by atoms with Crippen molar-refractivity contribution in [2.45, 2.75) is 19.8 Å². The molecule has 2 aromatic heterocycles. The second-order valence-corrected chi connectivity index (χ2v) is 5.35. The Morgan fingerprint density at radius 2 is 1.94 bits per heavy atom. The quantitative estimate of drug-likeness (QED) is 0.650. The van der Waals surface area contributed by atoms with Crippen molar-refractivity contribution < 1.29 is 0 Å². The lowest BCUT2D eigenvalue weighted by Gasteiger charge is -2.05. The molecule has 3 aromatic rings. The van der Waals surface area contributed by atoms with Gasteiger partial charge in [0.2, 0.25) is 0 Å². The maximum atomic E-state index is 4.51. The number of nitrogens with zero attached hydrogens (tertiary/aromatic N) is 2. The molecule has 0 aliphatic rings. The number of hydrogen-bond donors (Lipinski definition) is 0. The molecule has 17 heavy (non-hydrogen) atoms. The fourth-order valence-corrected chi connectivity index (χ4v) is 2.76. The van der Waals surface area contributed by atoms with Crippen molar-refractivity contribution in [3.05, 3.63) is 46.8 Å². The van der Waals surface area contributed by atoms with Crippen molar-refractivity contribution in [3.8, 4) is 0 Å². The molecule has 0 aliphatic carbocycles. The summed E-state index contributed by atoms with van der Waals surface area (Å²) in [5.41, 5.74) is 3.50. The molecule has 0 bridgehead atoms. The lowest BCUT2D eigenvalue weighted by atomic mass is 10.1. The highest BCUT2D eigenvalue weighted by atomic mass is 79.9. The van der Waals surface area contributed by atoms with E-state index in [-0.39, 0.29) is 0 Å². The van der Waals surface area contributed by atoms with Gasteiger partial charge >= 0.3 is 0 Å². The van der Waals surface area contributed by atoms with Crippen LogP contribution in [0.4, 0.5) is 0 Å². The molecule has 0 fully saturated rings. The molecule has 0 aliphatic heterocycles. The van der Waals surface area contributed by atoms with Crippen LogP contribution in [0.2, 0.25) is 0 Å². The summed E-state index contributed by atoms with van der Waals surface area (Å²) < 4.78 is 3.28. The second kappa shape index (κ2) is 3.84. The molecule has 3 rings (SSSR count). The predicted molar refractivity (Wildman–Crippen MR) is 74.5 cm³/mol. The Morgan fingerprint density at radius 3 is 2.71 bits per heavy atom. The first-order valence-electron chi connectivity index (χ1n) is 5.72. The van der Waals surface area contributed by atoms with Crippen LogP contribution >= 0.6 is 15.9 Å². The highest BCUT2D eigenvalue weighted by molar-refractivity contribution is 9.10. The zero-order valence-corrected chi connectivity index (χ0v) is 11.4. The van der Waals surface area contributed by atoms with Crippen molar-refractivity contribution in [3.63, 3.8) is 0 Å². The number of fused-ring (bicyclic) bond motifs is 3. The largest absolute Gasteiger partial charge is 0.299 e. The van der Waals surface area contributed by atoms with Crippen LogP contribution in [0.5, 0.6) is 0 Å². The van der Waals surface area contributed by atoms with E-state index in [0.717, 1.165) is 10.2 Å². The Morgan fingerprint density at radius 1 is 1.18 bits per heavy atom. The third kappa shape index (κ3) is 1.57. The normalized spacial score (nSPS) is 11.8. The molecule has 0 unspecified atom stereocenters.